The fourth-order valence-corrected chi connectivity index (χ4v) is 4.66. The Morgan fingerprint density at radius 1 is 0.552 bits per heavy atom. The van der Waals surface area contributed by atoms with Crippen LogP contribution in [0.3, 0.4) is 0 Å². The average molecular weight is 372 g/mol. The van der Waals surface area contributed by atoms with Crippen LogP contribution in [0.25, 0.3) is 54.6 Å². The van der Waals surface area contributed by atoms with E-state index in [1.54, 1.807) is 0 Å². The van der Waals surface area contributed by atoms with E-state index in [0.29, 0.717) is 0 Å². The highest BCUT2D eigenvalue weighted by molar-refractivity contribution is 6.15. The molecule has 0 bridgehead atoms. The minimum absolute atomic E-state index is 0.955. The van der Waals surface area contributed by atoms with Crippen molar-refractivity contribution in [2.45, 2.75) is 13.8 Å². The zero-order valence-electron chi connectivity index (χ0n) is 16.5. The molecule has 0 aliphatic rings. The highest BCUT2D eigenvalue weighted by atomic mass is 16.3. The largest absolute Gasteiger partial charge is 0.455 e. The number of aryl methyl sites for hydroxylation is 2. The lowest BCUT2D eigenvalue weighted by Gasteiger charge is -2.12. The van der Waals surface area contributed by atoms with Gasteiger partial charge in [-0.05, 0) is 70.5 Å². The van der Waals surface area contributed by atoms with Gasteiger partial charge in [-0.1, -0.05) is 66.7 Å². The lowest BCUT2D eigenvalue weighted by molar-refractivity contribution is 0.672. The Hall–Kier alpha value is -3.58. The van der Waals surface area contributed by atoms with Gasteiger partial charge in [0.2, 0.25) is 0 Å². The van der Waals surface area contributed by atoms with Crippen LogP contribution in [0, 0.1) is 13.8 Å². The second-order valence-corrected chi connectivity index (χ2v) is 7.89. The van der Waals surface area contributed by atoms with Gasteiger partial charge in [0, 0.05) is 16.2 Å². The summed E-state index contributed by atoms with van der Waals surface area (Å²) in [6, 6.07) is 30.4. The lowest BCUT2D eigenvalue weighted by Crippen LogP contribution is -1.89. The molecule has 0 amide bonds. The molecule has 0 fully saturated rings. The molecular weight excluding hydrogens is 352 g/mol. The molecule has 0 saturated heterocycles. The van der Waals surface area contributed by atoms with E-state index in [1.807, 2.05) is 0 Å². The van der Waals surface area contributed by atoms with Crippen LogP contribution >= 0.6 is 0 Å². The van der Waals surface area contributed by atoms with Gasteiger partial charge in [0.05, 0.1) is 0 Å². The molecule has 0 atom stereocenters. The topological polar surface area (TPSA) is 13.1 Å². The van der Waals surface area contributed by atoms with Crippen molar-refractivity contribution < 1.29 is 4.42 Å². The number of furan rings is 1. The van der Waals surface area contributed by atoms with E-state index >= 15 is 0 Å². The van der Waals surface area contributed by atoms with E-state index in [9.17, 15) is 0 Å². The molecule has 0 N–H and O–H groups in total. The Bertz CT molecular complexity index is 1570. The zero-order valence-corrected chi connectivity index (χ0v) is 16.5. The van der Waals surface area contributed by atoms with E-state index in [1.165, 1.54) is 54.6 Å². The molecule has 1 heteroatoms. The van der Waals surface area contributed by atoms with Gasteiger partial charge in [-0.2, -0.15) is 0 Å². The van der Waals surface area contributed by atoms with Crippen molar-refractivity contribution in [2.24, 2.45) is 0 Å². The molecule has 0 aliphatic heterocycles. The summed E-state index contributed by atoms with van der Waals surface area (Å²) in [5, 5.41) is 7.33. The molecule has 1 aromatic heterocycles. The van der Waals surface area contributed by atoms with E-state index in [4.69, 9.17) is 4.42 Å². The van der Waals surface area contributed by atoms with E-state index in [-0.39, 0.29) is 0 Å². The van der Waals surface area contributed by atoms with Gasteiger partial charge in [-0.3, -0.25) is 0 Å². The standard InChI is InChI=1S/C28H20O/c1-17-15-27-26(24-14-12-20-8-4-6-10-23(20)28(24)29-27)16-25(17)22-13-11-19-7-3-5-9-21(19)18(22)2/h3-16H,1-2H3. The summed E-state index contributed by atoms with van der Waals surface area (Å²) >= 11 is 0. The lowest BCUT2D eigenvalue weighted by atomic mass is 9.91. The van der Waals surface area contributed by atoms with Crippen LogP contribution < -0.4 is 0 Å². The summed E-state index contributed by atoms with van der Waals surface area (Å²) < 4.78 is 6.34. The van der Waals surface area contributed by atoms with Crippen LogP contribution in [0.4, 0.5) is 0 Å². The van der Waals surface area contributed by atoms with Gasteiger partial charge in [0.25, 0.3) is 0 Å². The first-order valence-corrected chi connectivity index (χ1v) is 10.0. The summed E-state index contributed by atoms with van der Waals surface area (Å²) in [7, 11) is 0. The maximum atomic E-state index is 6.34. The zero-order chi connectivity index (χ0) is 19.5. The van der Waals surface area contributed by atoms with Crippen LogP contribution in [0.15, 0.2) is 89.3 Å². The van der Waals surface area contributed by atoms with Crippen LogP contribution in [0.5, 0.6) is 0 Å². The summed E-state index contributed by atoms with van der Waals surface area (Å²) in [6.45, 7) is 4.40. The summed E-state index contributed by atoms with van der Waals surface area (Å²) in [6.07, 6.45) is 0. The number of hydrogen-bond acceptors (Lipinski definition) is 1. The number of fused-ring (bicyclic) bond motifs is 6. The van der Waals surface area contributed by atoms with Crippen LogP contribution in [0.2, 0.25) is 0 Å². The molecule has 0 saturated carbocycles. The van der Waals surface area contributed by atoms with Gasteiger partial charge in [0.1, 0.15) is 11.2 Å². The summed E-state index contributed by atoms with van der Waals surface area (Å²) in [5.74, 6) is 0. The Balaban J connectivity index is 1.68. The highest BCUT2D eigenvalue weighted by Gasteiger charge is 2.15. The van der Waals surface area contributed by atoms with Crippen molar-refractivity contribution in [3.05, 3.63) is 96.1 Å². The van der Waals surface area contributed by atoms with Gasteiger partial charge in [0.15, 0.2) is 0 Å². The third-order valence-corrected chi connectivity index (χ3v) is 6.20. The van der Waals surface area contributed by atoms with Crippen molar-refractivity contribution in [2.75, 3.05) is 0 Å². The third-order valence-electron chi connectivity index (χ3n) is 6.20. The molecule has 0 radical (unpaired) electrons. The normalized spacial score (nSPS) is 11.8. The molecule has 5 aromatic carbocycles. The molecule has 0 unspecified atom stereocenters. The first-order valence-electron chi connectivity index (χ1n) is 10.0. The SMILES string of the molecule is Cc1cc2oc3c4ccccc4ccc3c2cc1-c1ccc2ccccc2c1C. The second-order valence-electron chi connectivity index (χ2n) is 7.89. The first kappa shape index (κ1) is 16.4. The van der Waals surface area contributed by atoms with Crippen LogP contribution in [0.1, 0.15) is 11.1 Å². The average Bonchev–Trinajstić information content (AvgIpc) is 3.11. The molecular formula is C28H20O. The maximum Gasteiger partial charge on any atom is 0.143 e. The monoisotopic (exact) mass is 372 g/mol. The van der Waals surface area contributed by atoms with Crippen molar-refractivity contribution in [1.29, 1.82) is 0 Å². The van der Waals surface area contributed by atoms with E-state index < -0.39 is 0 Å². The quantitative estimate of drug-likeness (QED) is 0.284. The number of rotatable bonds is 1. The summed E-state index contributed by atoms with van der Waals surface area (Å²) in [5.41, 5.74) is 7.05. The molecule has 6 rings (SSSR count). The predicted molar refractivity (Wildman–Crippen MR) is 124 cm³/mol. The predicted octanol–water partition coefficient (Wildman–Crippen LogP) is 8.18. The van der Waals surface area contributed by atoms with Gasteiger partial charge >= 0.3 is 0 Å². The third kappa shape index (κ3) is 2.34. The minimum Gasteiger partial charge on any atom is -0.455 e. The van der Waals surface area contributed by atoms with Gasteiger partial charge in [-0.25, -0.2) is 0 Å². The van der Waals surface area contributed by atoms with Gasteiger partial charge in [-0.15, -0.1) is 0 Å². The first-order chi connectivity index (χ1) is 14.2. The molecule has 29 heavy (non-hydrogen) atoms. The summed E-state index contributed by atoms with van der Waals surface area (Å²) in [4.78, 5) is 0. The Labute approximate surface area is 169 Å². The van der Waals surface area contributed by atoms with Crippen molar-refractivity contribution in [3.8, 4) is 11.1 Å². The molecule has 138 valence electrons. The fraction of sp³-hybridized carbons (Fsp3) is 0.0714. The Kier molecular flexibility index (Phi) is 3.36. The Morgan fingerprint density at radius 2 is 1.24 bits per heavy atom. The number of hydrogen-bond donors (Lipinski definition) is 0. The van der Waals surface area contributed by atoms with Gasteiger partial charge < -0.3 is 4.42 Å². The Morgan fingerprint density at radius 3 is 2.07 bits per heavy atom. The molecule has 6 aromatic rings. The van der Waals surface area contributed by atoms with Crippen LogP contribution in [-0.4, -0.2) is 0 Å². The van der Waals surface area contributed by atoms with Crippen molar-refractivity contribution >= 4 is 43.5 Å². The highest BCUT2D eigenvalue weighted by Crippen LogP contribution is 2.39. The molecule has 1 nitrogen and oxygen atoms in total. The van der Waals surface area contributed by atoms with Crippen molar-refractivity contribution in [3.63, 3.8) is 0 Å². The molecule has 0 spiro atoms. The van der Waals surface area contributed by atoms with Crippen LogP contribution in [-0.2, 0) is 0 Å². The second kappa shape index (κ2) is 5.96. The van der Waals surface area contributed by atoms with E-state index in [0.717, 1.165) is 11.2 Å². The molecule has 1 heterocycles. The fourth-order valence-electron chi connectivity index (χ4n) is 4.66. The molecule has 0 aliphatic carbocycles. The van der Waals surface area contributed by atoms with Crippen molar-refractivity contribution in [1.82, 2.24) is 0 Å². The maximum absolute atomic E-state index is 6.34. The minimum atomic E-state index is 0.955. The van der Waals surface area contributed by atoms with E-state index in [2.05, 4.69) is 98.8 Å². The smallest absolute Gasteiger partial charge is 0.143 e. The number of benzene rings is 5.